The molecule has 0 saturated carbocycles. The summed E-state index contributed by atoms with van der Waals surface area (Å²) in [6, 6.07) is 3.63. The van der Waals surface area contributed by atoms with E-state index in [0.717, 1.165) is 26.2 Å². The van der Waals surface area contributed by atoms with Crippen molar-refractivity contribution in [2.75, 3.05) is 32.9 Å². The van der Waals surface area contributed by atoms with Crippen molar-refractivity contribution in [3.63, 3.8) is 0 Å². The Kier molecular flexibility index (Phi) is 5.78. The number of hydrogen-bond donors (Lipinski definition) is 2. The normalized spacial score (nSPS) is 18.1. The van der Waals surface area contributed by atoms with Gasteiger partial charge in [-0.3, -0.25) is 4.90 Å². The topological polar surface area (TPSA) is 35.5 Å². The molecule has 0 aromatic heterocycles. The van der Waals surface area contributed by atoms with Crippen molar-refractivity contribution in [3.05, 3.63) is 29.6 Å². The van der Waals surface area contributed by atoms with Gasteiger partial charge in [0.15, 0.2) is 11.6 Å². The van der Waals surface area contributed by atoms with E-state index >= 15 is 0 Å². The maximum atomic E-state index is 13.2. The van der Waals surface area contributed by atoms with Crippen molar-refractivity contribution >= 4 is 12.4 Å². The summed E-state index contributed by atoms with van der Waals surface area (Å²) >= 11 is 0. The molecule has 1 saturated heterocycles. The second kappa shape index (κ2) is 6.87. The minimum absolute atomic E-state index is 0. The van der Waals surface area contributed by atoms with Crippen LogP contribution in [0, 0.1) is 5.82 Å². The molecule has 18 heavy (non-hydrogen) atoms. The van der Waals surface area contributed by atoms with Crippen molar-refractivity contribution in [2.45, 2.75) is 6.04 Å². The molecule has 0 unspecified atom stereocenters. The van der Waals surface area contributed by atoms with Crippen LogP contribution in [-0.2, 0) is 0 Å². The van der Waals surface area contributed by atoms with Crippen LogP contribution in [0.5, 0.6) is 5.75 Å². The zero-order valence-corrected chi connectivity index (χ0v) is 10.7. The molecule has 102 valence electrons. The zero-order chi connectivity index (χ0) is 12.3. The molecule has 0 radical (unpaired) electrons. The molecule has 1 aliphatic rings. The molecule has 0 aliphatic carbocycles. The minimum Gasteiger partial charge on any atom is -0.505 e. The maximum Gasteiger partial charge on any atom is 0.165 e. The van der Waals surface area contributed by atoms with Gasteiger partial charge in [-0.2, -0.15) is 0 Å². The van der Waals surface area contributed by atoms with E-state index in [1.165, 1.54) is 12.1 Å². The third-order valence-electron chi connectivity index (χ3n) is 3.10. The summed E-state index contributed by atoms with van der Waals surface area (Å²) in [5.74, 6) is -1.09. The van der Waals surface area contributed by atoms with E-state index < -0.39 is 24.3 Å². The summed E-state index contributed by atoms with van der Waals surface area (Å²) in [7, 11) is 0. The van der Waals surface area contributed by atoms with E-state index in [-0.39, 0.29) is 12.4 Å². The Bertz CT molecular complexity index is 386. The second-order valence-corrected chi connectivity index (χ2v) is 4.17. The van der Waals surface area contributed by atoms with Gasteiger partial charge in [0, 0.05) is 26.2 Å². The molecular formula is C12H17ClF2N2O. The van der Waals surface area contributed by atoms with Crippen LogP contribution in [0.2, 0.25) is 0 Å². The third kappa shape index (κ3) is 3.31. The van der Waals surface area contributed by atoms with Gasteiger partial charge < -0.3 is 10.4 Å². The van der Waals surface area contributed by atoms with Crippen molar-refractivity contribution in [3.8, 4) is 5.75 Å². The predicted octanol–water partition coefficient (Wildman–Crippen LogP) is 1.87. The number of alkyl halides is 1. The van der Waals surface area contributed by atoms with Crippen LogP contribution in [-0.4, -0.2) is 42.9 Å². The Balaban J connectivity index is 0.00000162. The molecule has 0 spiro atoms. The minimum atomic E-state index is -0.698. The molecule has 0 amide bonds. The quantitative estimate of drug-likeness (QED) is 0.886. The van der Waals surface area contributed by atoms with Crippen LogP contribution >= 0.6 is 12.4 Å². The maximum absolute atomic E-state index is 13.2. The van der Waals surface area contributed by atoms with Gasteiger partial charge in [0.1, 0.15) is 6.67 Å². The summed E-state index contributed by atoms with van der Waals surface area (Å²) in [6.45, 7) is 2.58. The Morgan fingerprint density at radius 1 is 1.33 bits per heavy atom. The molecule has 2 N–H and O–H groups in total. The number of benzene rings is 1. The van der Waals surface area contributed by atoms with Crippen LogP contribution in [0.4, 0.5) is 8.78 Å². The number of nitrogens with zero attached hydrogens (tertiary/aromatic N) is 1. The molecule has 1 aromatic carbocycles. The molecule has 0 bridgehead atoms. The highest BCUT2D eigenvalue weighted by Crippen LogP contribution is 2.25. The van der Waals surface area contributed by atoms with E-state index in [4.69, 9.17) is 5.11 Å². The van der Waals surface area contributed by atoms with Crippen LogP contribution in [0.15, 0.2) is 18.2 Å². The van der Waals surface area contributed by atoms with E-state index in [1.54, 1.807) is 6.07 Å². The SMILES string of the molecule is Cl.Oc1ccc([C@H](CF)N2CCNCC2)cc1F. The average molecular weight is 279 g/mol. The highest BCUT2D eigenvalue weighted by Gasteiger charge is 2.22. The second-order valence-electron chi connectivity index (χ2n) is 4.17. The van der Waals surface area contributed by atoms with Crippen molar-refractivity contribution in [2.24, 2.45) is 0 Å². The molecule has 1 aromatic rings. The summed E-state index contributed by atoms with van der Waals surface area (Å²) in [6.07, 6.45) is 0. The molecule has 6 heteroatoms. The molecule has 1 heterocycles. The first-order valence-electron chi connectivity index (χ1n) is 5.71. The first kappa shape index (κ1) is 15.1. The highest BCUT2D eigenvalue weighted by atomic mass is 35.5. The van der Waals surface area contributed by atoms with Gasteiger partial charge in [-0.05, 0) is 17.7 Å². The van der Waals surface area contributed by atoms with Gasteiger partial charge in [-0.15, -0.1) is 12.4 Å². The summed E-state index contributed by atoms with van der Waals surface area (Å²) in [5, 5.41) is 12.3. The van der Waals surface area contributed by atoms with E-state index in [9.17, 15) is 8.78 Å². The van der Waals surface area contributed by atoms with Gasteiger partial charge in [-0.1, -0.05) is 6.07 Å². The number of hydrogen-bond acceptors (Lipinski definition) is 3. The molecular weight excluding hydrogens is 262 g/mol. The van der Waals surface area contributed by atoms with Gasteiger partial charge in [0.05, 0.1) is 6.04 Å². The lowest BCUT2D eigenvalue weighted by Gasteiger charge is -2.33. The lowest BCUT2D eigenvalue weighted by atomic mass is 10.1. The number of phenols is 1. The fourth-order valence-corrected chi connectivity index (χ4v) is 2.12. The van der Waals surface area contributed by atoms with Crippen LogP contribution in [0.25, 0.3) is 0 Å². The van der Waals surface area contributed by atoms with Gasteiger partial charge >= 0.3 is 0 Å². The first-order valence-corrected chi connectivity index (χ1v) is 5.71. The number of piperazine rings is 1. The summed E-state index contributed by atoms with van der Waals surface area (Å²) in [5.41, 5.74) is 0.574. The smallest absolute Gasteiger partial charge is 0.165 e. The summed E-state index contributed by atoms with van der Waals surface area (Å²) < 4.78 is 26.4. The Hall–Kier alpha value is -0.910. The predicted molar refractivity (Wildman–Crippen MR) is 68.5 cm³/mol. The van der Waals surface area contributed by atoms with Gasteiger partial charge in [0.25, 0.3) is 0 Å². The van der Waals surface area contributed by atoms with Crippen LogP contribution in [0.1, 0.15) is 11.6 Å². The Labute approximate surface area is 111 Å². The first-order chi connectivity index (χ1) is 8.22. The number of phenolic OH excluding ortho intramolecular Hbond substituents is 1. The lowest BCUT2D eigenvalue weighted by molar-refractivity contribution is 0.147. The number of halogens is 3. The zero-order valence-electron chi connectivity index (χ0n) is 9.90. The number of nitrogens with one attached hydrogen (secondary N) is 1. The lowest BCUT2D eigenvalue weighted by Crippen LogP contribution is -2.45. The van der Waals surface area contributed by atoms with Gasteiger partial charge in [-0.25, -0.2) is 8.78 Å². The Morgan fingerprint density at radius 2 is 2.00 bits per heavy atom. The van der Waals surface area contributed by atoms with E-state index in [0.29, 0.717) is 5.56 Å². The van der Waals surface area contributed by atoms with Crippen molar-refractivity contribution < 1.29 is 13.9 Å². The van der Waals surface area contributed by atoms with Gasteiger partial charge in [0.2, 0.25) is 0 Å². The van der Waals surface area contributed by atoms with E-state index in [1.807, 2.05) is 4.90 Å². The fraction of sp³-hybridized carbons (Fsp3) is 0.500. The monoisotopic (exact) mass is 278 g/mol. The molecule has 1 atom stereocenters. The van der Waals surface area contributed by atoms with Crippen molar-refractivity contribution in [1.82, 2.24) is 10.2 Å². The average Bonchev–Trinajstić information content (AvgIpc) is 2.36. The van der Waals surface area contributed by atoms with E-state index in [2.05, 4.69) is 5.32 Å². The molecule has 3 nitrogen and oxygen atoms in total. The standard InChI is InChI=1S/C12H16F2N2O.ClH/c13-8-11(16-5-3-15-4-6-16)9-1-2-12(17)10(14)7-9;/h1-2,7,11,15,17H,3-6,8H2;1H/t11-;/m0./s1. The largest absolute Gasteiger partial charge is 0.505 e. The number of rotatable bonds is 3. The molecule has 1 aliphatic heterocycles. The molecule has 1 fully saturated rings. The van der Waals surface area contributed by atoms with Crippen molar-refractivity contribution in [1.29, 1.82) is 0 Å². The fourth-order valence-electron chi connectivity index (χ4n) is 2.12. The van der Waals surface area contributed by atoms with Crippen LogP contribution in [0.3, 0.4) is 0 Å². The number of aromatic hydroxyl groups is 1. The van der Waals surface area contributed by atoms with Crippen LogP contribution < -0.4 is 5.32 Å². The molecule has 2 rings (SSSR count). The Morgan fingerprint density at radius 3 is 2.56 bits per heavy atom. The third-order valence-corrected chi connectivity index (χ3v) is 3.10. The highest BCUT2D eigenvalue weighted by molar-refractivity contribution is 5.85. The summed E-state index contributed by atoms with van der Waals surface area (Å²) in [4.78, 5) is 1.99.